The first-order valence-electron chi connectivity index (χ1n) is 5.26. The van der Waals surface area contributed by atoms with Crippen LogP contribution < -0.4 is 10.5 Å². The first-order valence-corrected chi connectivity index (χ1v) is 5.26. The largest absolute Gasteiger partial charge is 0.507 e. The third kappa shape index (κ3) is 2.15. The van der Waals surface area contributed by atoms with Crippen molar-refractivity contribution in [3.8, 4) is 11.5 Å². The Hall–Kier alpha value is -2.23. The standard InChI is InChI=1S/C13H13NO3/c1-8(13(14)16)17-12-7-6-11(15)9-4-2-3-5-10(9)12/h2-8,15H,1H3,(H2,14,16). The number of phenols is 1. The van der Waals surface area contributed by atoms with Crippen molar-refractivity contribution in [3.05, 3.63) is 36.4 Å². The van der Waals surface area contributed by atoms with E-state index >= 15 is 0 Å². The van der Waals surface area contributed by atoms with Crippen LogP contribution in [0.25, 0.3) is 10.8 Å². The maximum Gasteiger partial charge on any atom is 0.258 e. The smallest absolute Gasteiger partial charge is 0.258 e. The van der Waals surface area contributed by atoms with Gasteiger partial charge in [-0.15, -0.1) is 0 Å². The van der Waals surface area contributed by atoms with Gasteiger partial charge in [-0.05, 0) is 19.1 Å². The van der Waals surface area contributed by atoms with Crippen LogP contribution in [0.4, 0.5) is 0 Å². The van der Waals surface area contributed by atoms with Gasteiger partial charge in [-0.3, -0.25) is 4.79 Å². The molecule has 0 spiro atoms. The first-order chi connectivity index (χ1) is 8.09. The fourth-order valence-corrected chi connectivity index (χ4v) is 1.61. The topological polar surface area (TPSA) is 72.6 Å². The molecule has 2 aromatic rings. The van der Waals surface area contributed by atoms with Gasteiger partial charge in [0.2, 0.25) is 0 Å². The zero-order valence-corrected chi connectivity index (χ0v) is 9.38. The van der Waals surface area contributed by atoms with Crippen LogP contribution in [0.2, 0.25) is 0 Å². The molecule has 0 saturated carbocycles. The predicted molar refractivity (Wildman–Crippen MR) is 64.9 cm³/mol. The number of ether oxygens (including phenoxy) is 1. The molecule has 17 heavy (non-hydrogen) atoms. The lowest BCUT2D eigenvalue weighted by atomic mass is 10.1. The highest BCUT2D eigenvalue weighted by Gasteiger charge is 2.13. The highest BCUT2D eigenvalue weighted by molar-refractivity contribution is 5.93. The first kappa shape index (κ1) is 11.3. The van der Waals surface area contributed by atoms with Crippen LogP contribution in [0.5, 0.6) is 11.5 Å². The summed E-state index contributed by atoms with van der Waals surface area (Å²) in [7, 11) is 0. The number of phenolic OH excluding ortho intramolecular Hbond substituents is 1. The lowest BCUT2D eigenvalue weighted by molar-refractivity contribution is -0.123. The molecule has 3 N–H and O–H groups in total. The Bertz CT molecular complexity index is 566. The quantitative estimate of drug-likeness (QED) is 0.845. The van der Waals surface area contributed by atoms with Gasteiger partial charge >= 0.3 is 0 Å². The highest BCUT2D eigenvalue weighted by atomic mass is 16.5. The summed E-state index contributed by atoms with van der Waals surface area (Å²) in [5, 5.41) is 11.1. The van der Waals surface area contributed by atoms with Crippen LogP contribution in [-0.4, -0.2) is 17.1 Å². The van der Waals surface area contributed by atoms with Gasteiger partial charge in [0.1, 0.15) is 11.5 Å². The van der Waals surface area contributed by atoms with Crippen LogP contribution in [0.3, 0.4) is 0 Å². The predicted octanol–water partition coefficient (Wildman–Crippen LogP) is 1.80. The maximum absolute atomic E-state index is 11.0. The Morgan fingerprint density at radius 1 is 1.24 bits per heavy atom. The molecule has 0 radical (unpaired) electrons. The van der Waals surface area contributed by atoms with Crippen molar-refractivity contribution in [1.29, 1.82) is 0 Å². The van der Waals surface area contributed by atoms with Gasteiger partial charge in [0.15, 0.2) is 6.10 Å². The molecule has 2 aromatic carbocycles. The average molecular weight is 231 g/mol. The SMILES string of the molecule is CC(Oc1ccc(O)c2ccccc12)C(N)=O. The summed E-state index contributed by atoms with van der Waals surface area (Å²) in [5.74, 6) is 0.187. The van der Waals surface area contributed by atoms with Gasteiger partial charge in [0.25, 0.3) is 5.91 Å². The van der Waals surface area contributed by atoms with E-state index in [1.165, 1.54) is 6.07 Å². The summed E-state index contributed by atoms with van der Waals surface area (Å²) >= 11 is 0. The van der Waals surface area contributed by atoms with E-state index < -0.39 is 12.0 Å². The van der Waals surface area contributed by atoms with Crippen LogP contribution in [0.1, 0.15) is 6.92 Å². The van der Waals surface area contributed by atoms with Gasteiger partial charge < -0.3 is 15.6 Å². The summed E-state index contributed by atoms with van der Waals surface area (Å²) in [6, 6.07) is 10.4. The molecular formula is C13H13NO3. The fraction of sp³-hybridized carbons (Fsp3) is 0.154. The zero-order chi connectivity index (χ0) is 12.4. The van der Waals surface area contributed by atoms with Crippen LogP contribution >= 0.6 is 0 Å². The van der Waals surface area contributed by atoms with E-state index in [0.29, 0.717) is 11.1 Å². The molecule has 2 rings (SSSR count). The molecule has 4 heteroatoms. The molecule has 0 aliphatic carbocycles. The van der Waals surface area contributed by atoms with Crippen molar-refractivity contribution in [2.75, 3.05) is 0 Å². The molecule has 4 nitrogen and oxygen atoms in total. The number of rotatable bonds is 3. The van der Waals surface area contributed by atoms with Crippen molar-refractivity contribution in [2.24, 2.45) is 5.73 Å². The van der Waals surface area contributed by atoms with Gasteiger partial charge in [-0.1, -0.05) is 24.3 Å². The third-order valence-electron chi connectivity index (χ3n) is 2.57. The van der Waals surface area contributed by atoms with Crippen LogP contribution in [0, 0.1) is 0 Å². The van der Waals surface area contributed by atoms with Gasteiger partial charge in [-0.2, -0.15) is 0 Å². The van der Waals surface area contributed by atoms with Gasteiger partial charge in [0, 0.05) is 10.8 Å². The Labute approximate surface area is 98.6 Å². The van der Waals surface area contributed by atoms with Crippen molar-refractivity contribution in [2.45, 2.75) is 13.0 Å². The normalized spacial score (nSPS) is 12.3. The second-order valence-electron chi connectivity index (χ2n) is 3.79. The Kier molecular flexibility index (Phi) is 2.87. The van der Waals surface area contributed by atoms with E-state index in [0.717, 1.165) is 5.39 Å². The lowest BCUT2D eigenvalue weighted by Gasteiger charge is -2.13. The minimum atomic E-state index is -0.706. The van der Waals surface area contributed by atoms with Crippen molar-refractivity contribution in [3.63, 3.8) is 0 Å². The minimum Gasteiger partial charge on any atom is -0.507 e. The molecule has 0 aliphatic heterocycles. The Balaban J connectivity index is 2.48. The molecule has 0 aliphatic rings. The van der Waals surface area contributed by atoms with Gasteiger partial charge in [-0.25, -0.2) is 0 Å². The second-order valence-corrected chi connectivity index (χ2v) is 3.79. The second kappa shape index (κ2) is 4.33. The molecular weight excluding hydrogens is 218 g/mol. The summed E-state index contributed by atoms with van der Waals surface area (Å²) in [6.45, 7) is 1.59. The van der Waals surface area contributed by atoms with E-state index in [9.17, 15) is 9.90 Å². The highest BCUT2D eigenvalue weighted by Crippen LogP contribution is 2.32. The van der Waals surface area contributed by atoms with Crippen molar-refractivity contribution < 1.29 is 14.6 Å². The number of hydrogen-bond donors (Lipinski definition) is 2. The third-order valence-corrected chi connectivity index (χ3v) is 2.57. The van der Waals surface area contributed by atoms with E-state index in [4.69, 9.17) is 10.5 Å². The van der Waals surface area contributed by atoms with Gasteiger partial charge in [0.05, 0.1) is 0 Å². The van der Waals surface area contributed by atoms with Crippen LogP contribution in [-0.2, 0) is 4.79 Å². The number of amides is 1. The van der Waals surface area contributed by atoms with E-state index in [1.54, 1.807) is 19.1 Å². The number of carbonyl (C=O) groups is 1. The molecule has 0 heterocycles. The van der Waals surface area contributed by atoms with Crippen molar-refractivity contribution >= 4 is 16.7 Å². The molecule has 88 valence electrons. The molecule has 1 amide bonds. The Morgan fingerprint density at radius 2 is 1.88 bits per heavy atom. The molecule has 0 bridgehead atoms. The monoisotopic (exact) mass is 231 g/mol. The number of nitrogens with two attached hydrogens (primary N) is 1. The summed E-state index contributed by atoms with van der Waals surface area (Å²) in [4.78, 5) is 11.0. The number of hydrogen-bond acceptors (Lipinski definition) is 3. The maximum atomic E-state index is 11.0. The summed E-state index contributed by atoms with van der Waals surface area (Å²) in [5.41, 5.74) is 5.14. The summed E-state index contributed by atoms with van der Waals surface area (Å²) in [6.07, 6.45) is -0.706. The number of carbonyl (C=O) groups excluding carboxylic acids is 1. The molecule has 0 fully saturated rings. The number of primary amides is 1. The fourth-order valence-electron chi connectivity index (χ4n) is 1.61. The lowest BCUT2D eigenvalue weighted by Crippen LogP contribution is -2.30. The molecule has 0 saturated heterocycles. The number of fused-ring (bicyclic) bond motifs is 1. The molecule has 1 atom stereocenters. The molecule has 0 aromatic heterocycles. The minimum absolute atomic E-state index is 0.180. The number of aromatic hydroxyl groups is 1. The van der Waals surface area contributed by atoms with Crippen LogP contribution in [0.15, 0.2) is 36.4 Å². The number of benzene rings is 2. The van der Waals surface area contributed by atoms with E-state index in [1.807, 2.05) is 18.2 Å². The van der Waals surface area contributed by atoms with E-state index in [-0.39, 0.29) is 5.75 Å². The Morgan fingerprint density at radius 3 is 2.53 bits per heavy atom. The zero-order valence-electron chi connectivity index (χ0n) is 9.38. The van der Waals surface area contributed by atoms with E-state index in [2.05, 4.69) is 0 Å². The average Bonchev–Trinajstić information content (AvgIpc) is 2.33. The van der Waals surface area contributed by atoms with Crippen molar-refractivity contribution in [1.82, 2.24) is 0 Å². The summed E-state index contributed by atoms with van der Waals surface area (Å²) < 4.78 is 5.46. The molecule has 1 unspecified atom stereocenters.